The van der Waals surface area contributed by atoms with Crippen LogP contribution in [0.25, 0.3) is 11.1 Å². The van der Waals surface area contributed by atoms with Gasteiger partial charge in [-0.25, -0.2) is 0 Å². The number of rotatable bonds is 4. The molecule has 0 amide bonds. The molecular formula is C18H15BrN2. The van der Waals surface area contributed by atoms with Gasteiger partial charge in [-0.1, -0.05) is 46.3 Å². The molecule has 0 aliphatic carbocycles. The number of pyridine rings is 1. The molecule has 0 fully saturated rings. The molecule has 0 atom stereocenters. The van der Waals surface area contributed by atoms with Crippen molar-refractivity contribution in [3.05, 3.63) is 83.1 Å². The van der Waals surface area contributed by atoms with E-state index in [4.69, 9.17) is 0 Å². The lowest BCUT2D eigenvalue weighted by Crippen LogP contribution is -2.01. The molecule has 1 N–H and O–H groups in total. The van der Waals surface area contributed by atoms with Crippen LogP contribution in [0.3, 0.4) is 0 Å². The number of nitrogens with one attached hydrogen (secondary N) is 1. The lowest BCUT2D eigenvalue weighted by atomic mass is 10.0. The van der Waals surface area contributed by atoms with Gasteiger partial charge in [0.15, 0.2) is 0 Å². The van der Waals surface area contributed by atoms with Crippen LogP contribution >= 0.6 is 15.9 Å². The second-order valence-electron chi connectivity index (χ2n) is 4.76. The van der Waals surface area contributed by atoms with Crippen LogP contribution in [0.2, 0.25) is 0 Å². The molecule has 0 saturated carbocycles. The molecule has 1 heterocycles. The number of nitrogens with zero attached hydrogens (tertiary/aromatic N) is 1. The molecule has 0 aliphatic heterocycles. The monoisotopic (exact) mass is 338 g/mol. The van der Waals surface area contributed by atoms with E-state index < -0.39 is 0 Å². The Balaban J connectivity index is 1.81. The highest BCUT2D eigenvalue weighted by molar-refractivity contribution is 9.10. The number of hydrogen-bond acceptors (Lipinski definition) is 2. The Morgan fingerprint density at radius 2 is 1.71 bits per heavy atom. The lowest BCUT2D eigenvalue weighted by molar-refractivity contribution is 1.15. The van der Waals surface area contributed by atoms with E-state index in [1.165, 1.54) is 11.1 Å². The summed E-state index contributed by atoms with van der Waals surface area (Å²) >= 11 is 3.45. The van der Waals surface area contributed by atoms with E-state index in [0.717, 1.165) is 22.3 Å². The first-order chi connectivity index (χ1) is 10.3. The standard InChI is InChI=1S/C18H15BrN2/c19-16-7-9-17(10-8-16)21-13-15-4-1-2-6-18(15)14-5-3-11-20-12-14/h1-12,21H,13H2. The molecule has 3 heteroatoms. The van der Waals surface area contributed by atoms with Gasteiger partial charge in [0.1, 0.15) is 0 Å². The van der Waals surface area contributed by atoms with Crippen LogP contribution in [0.5, 0.6) is 0 Å². The first kappa shape index (κ1) is 13.8. The van der Waals surface area contributed by atoms with Gasteiger partial charge in [-0.15, -0.1) is 0 Å². The maximum absolute atomic E-state index is 4.20. The normalized spacial score (nSPS) is 10.3. The fourth-order valence-corrected chi connectivity index (χ4v) is 2.51. The van der Waals surface area contributed by atoms with Crippen molar-refractivity contribution in [2.45, 2.75) is 6.54 Å². The molecule has 0 unspecified atom stereocenters. The Labute approximate surface area is 133 Å². The molecule has 3 aromatic rings. The van der Waals surface area contributed by atoms with Crippen LogP contribution in [0.4, 0.5) is 5.69 Å². The van der Waals surface area contributed by atoms with Gasteiger partial charge in [0, 0.05) is 34.7 Å². The average Bonchev–Trinajstić information content (AvgIpc) is 2.55. The summed E-state index contributed by atoms with van der Waals surface area (Å²) in [5, 5.41) is 3.46. The first-order valence-corrected chi connectivity index (χ1v) is 7.60. The van der Waals surface area contributed by atoms with Crippen LogP contribution in [-0.2, 0) is 6.54 Å². The smallest absolute Gasteiger partial charge is 0.0406 e. The molecule has 0 spiro atoms. The van der Waals surface area contributed by atoms with Gasteiger partial charge in [0.25, 0.3) is 0 Å². The molecule has 104 valence electrons. The predicted molar refractivity (Wildman–Crippen MR) is 91.1 cm³/mol. The maximum atomic E-state index is 4.20. The highest BCUT2D eigenvalue weighted by atomic mass is 79.9. The Kier molecular flexibility index (Phi) is 4.31. The van der Waals surface area contributed by atoms with Crippen molar-refractivity contribution in [2.75, 3.05) is 5.32 Å². The van der Waals surface area contributed by atoms with Gasteiger partial charge in [-0.2, -0.15) is 0 Å². The van der Waals surface area contributed by atoms with Crippen molar-refractivity contribution in [1.82, 2.24) is 4.98 Å². The number of aromatic nitrogens is 1. The fourth-order valence-electron chi connectivity index (χ4n) is 2.24. The van der Waals surface area contributed by atoms with E-state index in [1.54, 1.807) is 6.20 Å². The zero-order valence-corrected chi connectivity index (χ0v) is 13.0. The largest absolute Gasteiger partial charge is 0.381 e. The molecular weight excluding hydrogens is 324 g/mol. The van der Waals surface area contributed by atoms with Crippen LogP contribution in [-0.4, -0.2) is 4.98 Å². The van der Waals surface area contributed by atoms with E-state index >= 15 is 0 Å². The molecule has 0 aliphatic rings. The lowest BCUT2D eigenvalue weighted by Gasteiger charge is -2.11. The number of anilines is 1. The quantitative estimate of drug-likeness (QED) is 0.713. The van der Waals surface area contributed by atoms with Gasteiger partial charge in [-0.3, -0.25) is 4.98 Å². The SMILES string of the molecule is Brc1ccc(NCc2ccccc2-c2cccnc2)cc1. The average molecular weight is 339 g/mol. The van der Waals surface area contributed by atoms with E-state index in [2.05, 4.69) is 68.7 Å². The zero-order valence-electron chi connectivity index (χ0n) is 11.5. The van der Waals surface area contributed by atoms with Gasteiger partial charge in [0.2, 0.25) is 0 Å². The summed E-state index contributed by atoms with van der Waals surface area (Å²) in [7, 11) is 0. The van der Waals surface area contributed by atoms with Crippen LogP contribution in [0, 0.1) is 0 Å². The van der Waals surface area contributed by atoms with Crippen LogP contribution in [0.1, 0.15) is 5.56 Å². The van der Waals surface area contributed by atoms with Crippen molar-refractivity contribution >= 4 is 21.6 Å². The van der Waals surface area contributed by atoms with Crippen molar-refractivity contribution < 1.29 is 0 Å². The predicted octanol–water partition coefficient (Wildman–Crippen LogP) is 5.12. The molecule has 0 saturated heterocycles. The van der Waals surface area contributed by atoms with Crippen molar-refractivity contribution in [3.63, 3.8) is 0 Å². The Bertz CT molecular complexity index is 709. The number of hydrogen-bond donors (Lipinski definition) is 1. The highest BCUT2D eigenvalue weighted by Crippen LogP contribution is 2.24. The molecule has 0 bridgehead atoms. The minimum atomic E-state index is 0.784. The maximum Gasteiger partial charge on any atom is 0.0406 e. The third-order valence-electron chi connectivity index (χ3n) is 3.32. The van der Waals surface area contributed by atoms with E-state index in [-0.39, 0.29) is 0 Å². The third-order valence-corrected chi connectivity index (χ3v) is 3.85. The Morgan fingerprint density at radius 1 is 0.905 bits per heavy atom. The second kappa shape index (κ2) is 6.55. The number of halogens is 1. The summed E-state index contributed by atoms with van der Waals surface area (Å²) < 4.78 is 1.09. The first-order valence-electron chi connectivity index (χ1n) is 6.81. The van der Waals surface area contributed by atoms with Crippen LogP contribution < -0.4 is 5.32 Å². The van der Waals surface area contributed by atoms with E-state index in [0.29, 0.717) is 0 Å². The van der Waals surface area contributed by atoms with Crippen LogP contribution in [0.15, 0.2) is 77.5 Å². The van der Waals surface area contributed by atoms with E-state index in [9.17, 15) is 0 Å². The summed E-state index contributed by atoms with van der Waals surface area (Å²) in [5.74, 6) is 0. The van der Waals surface area contributed by atoms with Gasteiger partial charge >= 0.3 is 0 Å². The van der Waals surface area contributed by atoms with Crippen molar-refractivity contribution in [2.24, 2.45) is 0 Å². The molecule has 0 radical (unpaired) electrons. The molecule has 21 heavy (non-hydrogen) atoms. The number of benzene rings is 2. The van der Waals surface area contributed by atoms with Gasteiger partial charge in [0.05, 0.1) is 0 Å². The zero-order chi connectivity index (χ0) is 14.5. The summed E-state index contributed by atoms with van der Waals surface area (Å²) in [6, 6.07) is 20.7. The molecule has 1 aromatic heterocycles. The van der Waals surface area contributed by atoms with Crippen molar-refractivity contribution in [1.29, 1.82) is 0 Å². The van der Waals surface area contributed by atoms with Gasteiger partial charge in [-0.05, 0) is 41.5 Å². The topological polar surface area (TPSA) is 24.9 Å². The summed E-state index contributed by atoms with van der Waals surface area (Å²) in [6.45, 7) is 0.784. The summed E-state index contributed by atoms with van der Waals surface area (Å²) in [4.78, 5) is 4.20. The molecule has 2 aromatic carbocycles. The third kappa shape index (κ3) is 3.50. The molecule has 3 rings (SSSR count). The molecule has 2 nitrogen and oxygen atoms in total. The fraction of sp³-hybridized carbons (Fsp3) is 0.0556. The minimum Gasteiger partial charge on any atom is -0.381 e. The summed E-state index contributed by atoms with van der Waals surface area (Å²) in [5.41, 5.74) is 4.73. The highest BCUT2D eigenvalue weighted by Gasteiger charge is 2.04. The summed E-state index contributed by atoms with van der Waals surface area (Å²) in [6.07, 6.45) is 3.70. The second-order valence-corrected chi connectivity index (χ2v) is 5.67. The van der Waals surface area contributed by atoms with Gasteiger partial charge < -0.3 is 5.32 Å². The minimum absolute atomic E-state index is 0.784. The van der Waals surface area contributed by atoms with E-state index in [1.807, 2.05) is 24.4 Å². The Hall–Kier alpha value is -2.13. The van der Waals surface area contributed by atoms with Crippen molar-refractivity contribution in [3.8, 4) is 11.1 Å². The Morgan fingerprint density at radius 3 is 2.48 bits per heavy atom.